The van der Waals surface area contributed by atoms with Crippen molar-refractivity contribution in [3.05, 3.63) is 53.7 Å². The second-order valence-electron chi connectivity index (χ2n) is 8.30. The van der Waals surface area contributed by atoms with Crippen LogP contribution >= 0.6 is 0 Å². The maximum atomic E-state index is 12.4. The van der Waals surface area contributed by atoms with Gasteiger partial charge in [0.2, 0.25) is 5.91 Å². The summed E-state index contributed by atoms with van der Waals surface area (Å²) >= 11 is 0. The molecule has 3 aromatic rings. The third-order valence-corrected chi connectivity index (χ3v) is 5.65. The van der Waals surface area contributed by atoms with E-state index < -0.39 is 12.1 Å². The lowest BCUT2D eigenvalue weighted by Gasteiger charge is -2.17. The molecule has 0 radical (unpaired) electrons. The molecule has 2 heterocycles. The average Bonchev–Trinajstić information content (AvgIpc) is 3.34. The van der Waals surface area contributed by atoms with Gasteiger partial charge in [-0.15, -0.1) is 13.2 Å². The van der Waals surface area contributed by atoms with E-state index in [1.807, 2.05) is 6.20 Å². The van der Waals surface area contributed by atoms with Gasteiger partial charge in [0.15, 0.2) is 0 Å². The number of nitrogen functional groups attached to an aromatic ring is 1. The monoisotopic (exact) mass is 461 g/mol. The molecule has 10 heteroatoms. The fourth-order valence-electron chi connectivity index (χ4n) is 4.11. The van der Waals surface area contributed by atoms with Crippen LogP contribution in [0.25, 0.3) is 10.9 Å². The molecule has 1 fully saturated rings. The van der Waals surface area contributed by atoms with Gasteiger partial charge in [-0.05, 0) is 42.7 Å². The van der Waals surface area contributed by atoms with Gasteiger partial charge in [-0.3, -0.25) is 9.69 Å². The largest absolute Gasteiger partial charge is 0.573 e. The third-order valence-electron chi connectivity index (χ3n) is 5.65. The van der Waals surface area contributed by atoms with Gasteiger partial charge in [0.25, 0.3) is 0 Å². The first-order valence-corrected chi connectivity index (χ1v) is 10.6. The SMILES string of the molecule is Cc1ccc2c(CN3CC[C@@H](NC(=O)CNc4cc(OC(F)(F)F)ccc4N)C3)c[nH]c2c1. The van der Waals surface area contributed by atoms with Crippen molar-refractivity contribution in [3.8, 4) is 5.75 Å². The van der Waals surface area contributed by atoms with Crippen molar-refractivity contribution in [1.29, 1.82) is 0 Å². The standard InChI is InChI=1S/C23H26F3N5O2/c1-14-2-4-18-15(10-28-20(18)8-14)12-31-7-6-16(13-31)30-22(32)11-29-21-9-17(3-5-19(21)27)33-23(24,25)26/h2-5,8-10,16,28-29H,6-7,11-13,27H2,1H3,(H,30,32)/t16-/m1/s1. The number of aromatic nitrogens is 1. The fraction of sp³-hybridized carbons (Fsp3) is 0.348. The average molecular weight is 461 g/mol. The summed E-state index contributed by atoms with van der Waals surface area (Å²) in [6, 6.07) is 9.88. The molecule has 1 atom stereocenters. The molecule has 0 aliphatic carbocycles. The van der Waals surface area contributed by atoms with Gasteiger partial charge in [-0.25, -0.2) is 0 Å². The lowest BCUT2D eigenvalue weighted by atomic mass is 10.1. The van der Waals surface area contributed by atoms with Crippen molar-refractivity contribution in [3.63, 3.8) is 0 Å². The van der Waals surface area contributed by atoms with Crippen LogP contribution in [-0.2, 0) is 11.3 Å². The summed E-state index contributed by atoms with van der Waals surface area (Å²) in [5.74, 6) is -0.663. The normalized spacial score (nSPS) is 16.8. The summed E-state index contributed by atoms with van der Waals surface area (Å²) in [6.07, 6.45) is -1.95. The number of anilines is 2. The lowest BCUT2D eigenvalue weighted by Crippen LogP contribution is -2.40. The van der Waals surface area contributed by atoms with E-state index in [2.05, 4.69) is 50.4 Å². The molecule has 1 aliphatic rings. The molecular weight excluding hydrogens is 435 g/mol. The van der Waals surface area contributed by atoms with Crippen LogP contribution in [0, 0.1) is 6.92 Å². The first-order valence-electron chi connectivity index (χ1n) is 10.6. The number of hydrogen-bond donors (Lipinski definition) is 4. The van der Waals surface area contributed by atoms with E-state index in [0.717, 1.165) is 43.7 Å². The molecule has 1 amide bonds. The number of likely N-dealkylation sites (tertiary alicyclic amines) is 1. The number of alkyl halides is 3. The first-order chi connectivity index (χ1) is 15.7. The minimum absolute atomic E-state index is 0.00370. The first kappa shape index (κ1) is 22.8. The number of hydrogen-bond acceptors (Lipinski definition) is 5. The molecule has 1 aromatic heterocycles. The van der Waals surface area contributed by atoms with Gasteiger partial charge in [0.1, 0.15) is 5.75 Å². The van der Waals surface area contributed by atoms with Crippen LogP contribution in [-0.4, -0.2) is 47.8 Å². The minimum atomic E-state index is -4.80. The van der Waals surface area contributed by atoms with Crippen molar-refractivity contribution in [2.45, 2.75) is 32.3 Å². The van der Waals surface area contributed by atoms with Gasteiger partial charge in [0, 0.05) is 48.8 Å². The summed E-state index contributed by atoms with van der Waals surface area (Å²) in [5.41, 5.74) is 9.75. The molecule has 33 heavy (non-hydrogen) atoms. The highest BCUT2D eigenvalue weighted by Gasteiger charge is 2.31. The smallest absolute Gasteiger partial charge is 0.406 e. The van der Waals surface area contributed by atoms with Gasteiger partial charge < -0.3 is 26.1 Å². The van der Waals surface area contributed by atoms with Crippen molar-refractivity contribution < 1.29 is 22.7 Å². The number of nitrogens with zero attached hydrogens (tertiary/aromatic N) is 1. The highest BCUT2D eigenvalue weighted by atomic mass is 19.4. The molecule has 1 aliphatic heterocycles. The Balaban J connectivity index is 1.27. The number of nitrogens with one attached hydrogen (secondary N) is 3. The molecule has 1 saturated heterocycles. The van der Waals surface area contributed by atoms with E-state index in [-0.39, 0.29) is 29.9 Å². The Bertz CT molecular complexity index is 1140. The zero-order valence-corrected chi connectivity index (χ0v) is 18.1. The Labute approximate surface area is 189 Å². The quantitative estimate of drug-likeness (QED) is 0.402. The molecule has 0 bridgehead atoms. The van der Waals surface area contributed by atoms with Crippen LogP contribution in [0.1, 0.15) is 17.5 Å². The predicted molar refractivity (Wildman–Crippen MR) is 121 cm³/mol. The molecule has 5 N–H and O–H groups in total. The Hall–Kier alpha value is -3.40. The number of carbonyl (C=O) groups is 1. The van der Waals surface area contributed by atoms with E-state index in [9.17, 15) is 18.0 Å². The lowest BCUT2D eigenvalue weighted by molar-refractivity contribution is -0.274. The number of benzene rings is 2. The summed E-state index contributed by atoms with van der Waals surface area (Å²) in [6.45, 7) is 4.32. The molecule has 2 aromatic carbocycles. The number of nitrogens with two attached hydrogens (primary N) is 1. The van der Waals surface area contributed by atoms with E-state index in [1.54, 1.807) is 0 Å². The van der Waals surface area contributed by atoms with Crippen LogP contribution in [0.2, 0.25) is 0 Å². The van der Waals surface area contributed by atoms with Gasteiger partial charge in [-0.2, -0.15) is 0 Å². The van der Waals surface area contributed by atoms with E-state index in [1.165, 1.54) is 22.6 Å². The maximum absolute atomic E-state index is 12.4. The summed E-state index contributed by atoms with van der Waals surface area (Å²) in [5, 5.41) is 6.96. The molecule has 0 spiro atoms. The molecule has 7 nitrogen and oxygen atoms in total. The fourth-order valence-corrected chi connectivity index (χ4v) is 4.11. The highest BCUT2D eigenvalue weighted by Crippen LogP contribution is 2.29. The van der Waals surface area contributed by atoms with Crippen LogP contribution < -0.4 is 21.1 Å². The van der Waals surface area contributed by atoms with E-state index >= 15 is 0 Å². The summed E-state index contributed by atoms with van der Waals surface area (Å²) in [4.78, 5) is 18.0. The Morgan fingerprint density at radius 3 is 2.88 bits per heavy atom. The second kappa shape index (κ2) is 9.22. The Morgan fingerprint density at radius 1 is 1.27 bits per heavy atom. The number of ether oxygens (including phenoxy) is 1. The van der Waals surface area contributed by atoms with Crippen LogP contribution in [0.15, 0.2) is 42.6 Å². The van der Waals surface area contributed by atoms with Crippen molar-refractivity contribution in [1.82, 2.24) is 15.2 Å². The van der Waals surface area contributed by atoms with Crippen LogP contribution in [0.5, 0.6) is 5.75 Å². The number of halogens is 3. The molecular formula is C23H26F3N5O2. The van der Waals surface area contributed by atoms with E-state index in [0.29, 0.717) is 0 Å². The Morgan fingerprint density at radius 2 is 2.09 bits per heavy atom. The maximum Gasteiger partial charge on any atom is 0.573 e. The number of carbonyl (C=O) groups excluding carboxylic acids is 1. The van der Waals surface area contributed by atoms with Crippen LogP contribution in [0.3, 0.4) is 0 Å². The highest BCUT2D eigenvalue weighted by molar-refractivity contribution is 5.84. The Kier molecular flexibility index (Phi) is 6.37. The van der Waals surface area contributed by atoms with Gasteiger partial charge in [0.05, 0.1) is 17.9 Å². The summed E-state index contributed by atoms with van der Waals surface area (Å²) in [7, 11) is 0. The van der Waals surface area contributed by atoms with Gasteiger partial charge in [-0.1, -0.05) is 12.1 Å². The minimum Gasteiger partial charge on any atom is -0.406 e. The number of fused-ring (bicyclic) bond motifs is 1. The third kappa shape index (κ3) is 5.89. The second-order valence-corrected chi connectivity index (χ2v) is 8.30. The van der Waals surface area contributed by atoms with Crippen molar-refractivity contribution >= 4 is 28.2 Å². The summed E-state index contributed by atoms with van der Waals surface area (Å²) < 4.78 is 41.1. The zero-order chi connectivity index (χ0) is 23.6. The number of aromatic amines is 1. The molecule has 0 saturated carbocycles. The molecule has 0 unspecified atom stereocenters. The van der Waals surface area contributed by atoms with Crippen molar-refractivity contribution in [2.24, 2.45) is 0 Å². The number of H-pyrrole nitrogens is 1. The predicted octanol–water partition coefficient (Wildman–Crippen LogP) is 3.76. The zero-order valence-electron chi connectivity index (χ0n) is 18.1. The van der Waals surface area contributed by atoms with E-state index in [4.69, 9.17) is 5.73 Å². The number of aryl methyl sites for hydroxylation is 1. The van der Waals surface area contributed by atoms with Gasteiger partial charge >= 0.3 is 6.36 Å². The topological polar surface area (TPSA) is 95.4 Å². The number of rotatable bonds is 7. The molecule has 176 valence electrons. The van der Waals surface area contributed by atoms with Crippen molar-refractivity contribution in [2.75, 3.05) is 30.7 Å². The van der Waals surface area contributed by atoms with Crippen LogP contribution in [0.4, 0.5) is 24.5 Å². The number of amides is 1. The molecule has 4 rings (SSSR count).